The van der Waals surface area contributed by atoms with Crippen LogP contribution in [0.1, 0.15) is 29.1 Å². The highest BCUT2D eigenvalue weighted by atomic mass is 32.1. The molecule has 1 aromatic carbocycles. The van der Waals surface area contributed by atoms with Gasteiger partial charge in [0.15, 0.2) is 5.11 Å². The zero-order chi connectivity index (χ0) is 22.8. The third kappa shape index (κ3) is 4.18. The van der Waals surface area contributed by atoms with Crippen LogP contribution in [-0.2, 0) is 6.54 Å². The van der Waals surface area contributed by atoms with Crippen molar-refractivity contribution in [1.82, 2.24) is 20.2 Å². The molecule has 164 valence electrons. The molecule has 1 aliphatic heterocycles. The number of thiocarbonyl (C=S) groups is 1. The molecular weight excluding hydrogens is 438 g/mol. The van der Waals surface area contributed by atoms with Crippen molar-refractivity contribution in [2.75, 3.05) is 0 Å². The van der Waals surface area contributed by atoms with Gasteiger partial charge in [-0.25, -0.2) is 0 Å². The van der Waals surface area contributed by atoms with Crippen molar-refractivity contribution in [2.24, 2.45) is 0 Å². The molecule has 0 saturated carbocycles. The molecule has 0 amide bonds. The van der Waals surface area contributed by atoms with Gasteiger partial charge in [0, 0.05) is 42.8 Å². The van der Waals surface area contributed by atoms with Crippen LogP contribution in [0.5, 0.6) is 0 Å². The van der Waals surface area contributed by atoms with Crippen molar-refractivity contribution in [2.45, 2.75) is 18.6 Å². The first-order chi connectivity index (χ1) is 16.1. The Hall–Kier alpha value is -4.11. The maximum atomic E-state index is 11.2. The molecule has 4 heterocycles. The van der Waals surface area contributed by atoms with Crippen molar-refractivity contribution < 1.29 is 9.34 Å². The summed E-state index contributed by atoms with van der Waals surface area (Å²) in [6.07, 6.45) is 5.25. The molecule has 0 unspecified atom stereocenters. The average molecular weight is 458 g/mol. The summed E-state index contributed by atoms with van der Waals surface area (Å²) >= 11 is 5.69. The first-order valence-electron chi connectivity index (χ1n) is 10.3. The van der Waals surface area contributed by atoms with E-state index in [0.717, 1.165) is 11.3 Å². The number of hydrogen-bond acceptors (Lipinski definition) is 6. The molecule has 2 atom stereocenters. The van der Waals surface area contributed by atoms with Crippen molar-refractivity contribution in [3.63, 3.8) is 0 Å². The summed E-state index contributed by atoms with van der Waals surface area (Å²) in [4.78, 5) is 21.5. The average Bonchev–Trinajstić information content (AvgIpc) is 3.45. The smallest absolute Gasteiger partial charge is 0.270 e. The minimum absolute atomic E-state index is 0.0137. The van der Waals surface area contributed by atoms with Crippen LogP contribution in [0.25, 0.3) is 11.3 Å². The monoisotopic (exact) mass is 457 g/mol. The Morgan fingerprint density at radius 1 is 1.06 bits per heavy atom. The Kier molecular flexibility index (Phi) is 5.54. The third-order valence-corrected chi connectivity index (χ3v) is 5.91. The fraction of sp³-hybridized carbons (Fsp3) is 0.125. The largest absolute Gasteiger partial charge is 0.459 e. The Morgan fingerprint density at radius 2 is 1.91 bits per heavy atom. The van der Waals surface area contributed by atoms with E-state index in [-0.39, 0.29) is 17.8 Å². The van der Waals surface area contributed by atoms with Crippen LogP contribution in [0.4, 0.5) is 5.69 Å². The summed E-state index contributed by atoms with van der Waals surface area (Å²) in [5.74, 6) is 1.24. The van der Waals surface area contributed by atoms with E-state index in [4.69, 9.17) is 16.6 Å². The second kappa shape index (κ2) is 8.79. The minimum Gasteiger partial charge on any atom is -0.459 e. The first-order valence-corrected chi connectivity index (χ1v) is 10.7. The molecule has 0 aliphatic carbocycles. The number of benzene rings is 1. The second-order valence-electron chi connectivity index (χ2n) is 7.62. The van der Waals surface area contributed by atoms with Crippen LogP contribution in [0.3, 0.4) is 0 Å². The lowest BCUT2D eigenvalue weighted by molar-refractivity contribution is -0.384. The second-order valence-corrected chi connectivity index (χ2v) is 8.01. The fourth-order valence-corrected chi connectivity index (χ4v) is 4.31. The Morgan fingerprint density at radius 3 is 2.67 bits per heavy atom. The third-order valence-electron chi connectivity index (χ3n) is 5.56. The highest BCUT2D eigenvalue weighted by molar-refractivity contribution is 7.80. The highest BCUT2D eigenvalue weighted by Gasteiger charge is 2.41. The zero-order valence-electron chi connectivity index (χ0n) is 17.4. The molecule has 1 N–H and O–H groups in total. The number of furan rings is 1. The van der Waals surface area contributed by atoms with E-state index in [9.17, 15) is 10.1 Å². The number of nitro groups is 1. The van der Waals surface area contributed by atoms with Gasteiger partial charge in [-0.15, -0.1) is 0 Å². The van der Waals surface area contributed by atoms with Crippen LogP contribution in [0, 0.1) is 10.1 Å². The van der Waals surface area contributed by atoms with Crippen molar-refractivity contribution in [3.05, 3.63) is 112 Å². The zero-order valence-corrected chi connectivity index (χ0v) is 18.2. The van der Waals surface area contributed by atoms with Gasteiger partial charge in [-0.1, -0.05) is 18.2 Å². The predicted molar refractivity (Wildman–Crippen MR) is 126 cm³/mol. The lowest BCUT2D eigenvalue weighted by Crippen LogP contribution is -2.29. The van der Waals surface area contributed by atoms with Crippen molar-refractivity contribution in [3.8, 4) is 11.3 Å². The van der Waals surface area contributed by atoms with Gasteiger partial charge in [-0.3, -0.25) is 20.1 Å². The lowest BCUT2D eigenvalue weighted by Gasteiger charge is -2.26. The van der Waals surface area contributed by atoms with Crippen molar-refractivity contribution >= 4 is 23.0 Å². The molecule has 1 aliphatic rings. The molecule has 0 spiro atoms. The number of nitro benzene ring substituents is 1. The predicted octanol–water partition coefficient (Wildman–Crippen LogP) is 4.82. The van der Waals surface area contributed by atoms with Gasteiger partial charge < -0.3 is 14.6 Å². The summed E-state index contributed by atoms with van der Waals surface area (Å²) < 4.78 is 6.25. The number of nitrogens with one attached hydrogen (secondary N) is 1. The van der Waals surface area contributed by atoms with E-state index in [2.05, 4.69) is 20.2 Å². The summed E-state index contributed by atoms with van der Waals surface area (Å²) in [5, 5.41) is 15.2. The quantitative estimate of drug-likeness (QED) is 0.250. The maximum Gasteiger partial charge on any atom is 0.270 e. The van der Waals surface area contributed by atoms with Gasteiger partial charge in [-0.2, -0.15) is 0 Å². The topological polar surface area (TPSA) is 97.3 Å². The Balaban J connectivity index is 1.53. The van der Waals surface area contributed by atoms with Crippen LogP contribution in [0.15, 0.2) is 89.7 Å². The molecule has 8 nitrogen and oxygen atoms in total. The van der Waals surface area contributed by atoms with E-state index < -0.39 is 4.92 Å². The van der Waals surface area contributed by atoms with Gasteiger partial charge >= 0.3 is 0 Å². The van der Waals surface area contributed by atoms with Gasteiger partial charge in [0.1, 0.15) is 17.6 Å². The summed E-state index contributed by atoms with van der Waals surface area (Å²) in [7, 11) is 0. The lowest BCUT2D eigenvalue weighted by atomic mass is 10.0. The number of aromatic nitrogens is 2. The van der Waals surface area contributed by atoms with Gasteiger partial charge in [0.2, 0.25) is 0 Å². The highest BCUT2D eigenvalue weighted by Crippen LogP contribution is 2.41. The summed E-state index contributed by atoms with van der Waals surface area (Å²) in [6, 6.07) is 19.3. The molecule has 5 rings (SSSR count). The first kappa shape index (κ1) is 20.8. The van der Waals surface area contributed by atoms with Gasteiger partial charge in [0.05, 0.1) is 16.7 Å². The number of hydrogen-bond donors (Lipinski definition) is 1. The molecule has 33 heavy (non-hydrogen) atoms. The fourth-order valence-electron chi connectivity index (χ4n) is 4.01. The molecule has 3 aromatic heterocycles. The number of pyridine rings is 2. The van der Waals surface area contributed by atoms with Crippen LogP contribution < -0.4 is 5.32 Å². The molecule has 1 fully saturated rings. The van der Waals surface area contributed by atoms with Crippen LogP contribution in [-0.4, -0.2) is 24.9 Å². The van der Waals surface area contributed by atoms with Crippen LogP contribution >= 0.6 is 12.2 Å². The Bertz CT molecular complexity index is 1300. The van der Waals surface area contributed by atoms with Gasteiger partial charge in [-0.05, 0) is 54.2 Å². The van der Waals surface area contributed by atoms with E-state index >= 15 is 0 Å². The SMILES string of the molecule is O=[N+]([O-])c1cccc(-c2ccc([C@@H]3[C@@H](c4ccccn4)NC(=S)N3Cc3ccncc3)o2)c1. The van der Waals surface area contributed by atoms with E-state index in [0.29, 0.717) is 28.7 Å². The van der Waals surface area contributed by atoms with Gasteiger partial charge in [0.25, 0.3) is 5.69 Å². The molecule has 9 heteroatoms. The summed E-state index contributed by atoms with van der Waals surface area (Å²) in [5.41, 5.74) is 2.56. The summed E-state index contributed by atoms with van der Waals surface area (Å²) in [6.45, 7) is 0.565. The van der Waals surface area contributed by atoms with Crippen LogP contribution in [0.2, 0.25) is 0 Å². The van der Waals surface area contributed by atoms with E-state index in [1.807, 2.05) is 42.5 Å². The normalized spacial score (nSPS) is 17.7. The molecule has 1 saturated heterocycles. The standard InChI is InChI=1S/C24H19N5O3S/c30-29(31)18-5-3-4-17(14-18)20-7-8-21(32-20)23-22(19-6-1-2-11-26-19)27-24(33)28(23)15-16-9-12-25-13-10-16/h1-14,22-23H,15H2,(H,27,33)/t22-,23-/m1/s1. The minimum atomic E-state index is -0.416. The van der Waals surface area contributed by atoms with E-state index in [1.165, 1.54) is 12.1 Å². The van der Waals surface area contributed by atoms with E-state index in [1.54, 1.807) is 30.7 Å². The molecule has 0 radical (unpaired) electrons. The Labute approximate surface area is 195 Å². The van der Waals surface area contributed by atoms with Crippen molar-refractivity contribution in [1.29, 1.82) is 0 Å². The molecule has 4 aromatic rings. The number of non-ortho nitro benzene ring substituents is 1. The number of nitrogens with zero attached hydrogens (tertiary/aromatic N) is 4. The maximum absolute atomic E-state index is 11.2. The number of rotatable bonds is 6. The molecule has 0 bridgehead atoms. The molecular formula is C24H19N5O3S.